The van der Waals surface area contributed by atoms with Crippen molar-refractivity contribution in [3.05, 3.63) is 5.82 Å². The summed E-state index contributed by atoms with van der Waals surface area (Å²) in [6.45, 7) is 3.87. The zero-order valence-corrected chi connectivity index (χ0v) is 9.80. The number of aryl methyl sites for hydroxylation is 1. The molecule has 1 heterocycles. The van der Waals surface area contributed by atoms with Crippen molar-refractivity contribution in [1.82, 2.24) is 15.2 Å². The average Bonchev–Trinajstić information content (AvgIpc) is 2.62. The van der Waals surface area contributed by atoms with Crippen LogP contribution >= 0.6 is 11.8 Å². The molecule has 0 spiro atoms. The van der Waals surface area contributed by atoms with Crippen LogP contribution in [0.1, 0.15) is 32.5 Å². The number of hydrogen-bond acceptors (Lipinski definition) is 4. The van der Waals surface area contributed by atoms with E-state index < -0.39 is 0 Å². The Morgan fingerprint density at radius 3 is 3.00 bits per heavy atom. The van der Waals surface area contributed by atoms with Gasteiger partial charge in [-0.05, 0) is 13.3 Å². The minimum absolute atomic E-state index is 0.292. The fourth-order valence-corrected chi connectivity index (χ4v) is 1.70. The molecule has 6 heteroatoms. The van der Waals surface area contributed by atoms with Crippen molar-refractivity contribution in [2.45, 2.75) is 43.5 Å². The van der Waals surface area contributed by atoms with E-state index >= 15 is 0 Å². The van der Waals surface area contributed by atoms with E-state index in [2.05, 4.69) is 22.1 Å². The fraction of sp³-hybridized carbons (Fsp3) is 0.667. The number of H-pyrrole nitrogens is 1. The third-order valence-corrected chi connectivity index (χ3v) is 2.94. The number of aromatic amines is 1. The molecule has 1 unspecified atom stereocenters. The first-order chi connectivity index (χ1) is 7.13. The van der Waals surface area contributed by atoms with Crippen LogP contribution in [0.15, 0.2) is 5.16 Å². The molecule has 0 aromatic carbocycles. The van der Waals surface area contributed by atoms with Crippen molar-refractivity contribution >= 4 is 17.7 Å². The molecule has 0 saturated heterocycles. The van der Waals surface area contributed by atoms with Gasteiger partial charge in [-0.1, -0.05) is 25.1 Å². The highest BCUT2D eigenvalue weighted by atomic mass is 32.2. The lowest BCUT2D eigenvalue weighted by Crippen LogP contribution is -2.22. The molecule has 1 amide bonds. The number of carbonyl (C=O) groups excluding carboxylic acids is 1. The van der Waals surface area contributed by atoms with Crippen LogP contribution in [0.2, 0.25) is 0 Å². The monoisotopic (exact) mass is 228 g/mol. The van der Waals surface area contributed by atoms with Crippen LogP contribution in [0.4, 0.5) is 0 Å². The van der Waals surface area contributed by atoms with E-state index in [1.165, 1.54) is 11.8 Å². The predicted molar refractivity (Wildman–Crippen MR) is 59.5 cm³/mol. The second-order valence-corrected chi connectivity index (χ2v) is 4.64. The summed E-state index contributed by atoms with van der Waals surface area (Å²) in [7, 11) is 0. The number of amides is 1. The van der Waals surface area contributed by atoms with Crippen molar-refractivity contribution in [1.29, 1.82) is 0 Å². The van der Waals surface area contributed by atoms with E-state index in [-0.39, 0.29) is 11.2 Å². The van der Waals surface area contributed by atoms with Crippen LogP contribution in [0, 0.1) is 0 Å². The number of rotatable bonds is 6. The molecule has 5 nitrogen and oxygen atoms in total. The fourth-order valence-electron chi connectivity index (χ4n) is 1.00. The van der Waals surface area contributed by atoms with E-state index in [0.717, 1.165) is 25.1 Å². The molecule has 1 atom stereocenters. The van der Waals surface area contributed by atoms with Gasteiger partial charge in [0, 0.05) is 6.42 Å². The Labute approximate surface area is 93.2 Å². The number of unbranched alkanes of at least 4 members (excludes halogenated alkanes) is 1. The molecule has 0 saturated carbocycles. The lowest BCUT2D eigenvalue weighted by molar-refractivity contribution is -0.117. The third kappa shape index (κ3) is 3.91. The summed E-state index contributed by atoms with van der Waals surface area (Å²) in [4.78, 5) is 15.1. The summed E-state index contributed by atoms with van der Waals surface area (Å²) in [5.41, 5.74) is 5.15. The van der Waals surface area contributed by atoms with Gasteiger partial charge in [0.1, 0.15) is 5.82 Å². The topological polar surface area (TPSA) is 84.7 Å². The summed E-state index contributed by atoms with van der Waals surface area (Å²) >= 11 is 1.28. The number of hydrogen-bond donors (Lipinski definition) is 2. The zero-order valence-electron chi connectivity index (χ0n) is 8.99. The van der Waals surface area contributed by atoms with E-state index in [0.29, 0.717) is 5.16 Å². The Hall–Kier alpha value is -1.04. The second-order valence-electron chi connectivity index (χ2n) is 3.33. The van der Waals surface area contributed by atoms with E-state index in [1.54, 1.807) is 6.92 Å². The van der Waals surface area contributed by atoms with Crippen molar-refractivity contribution in [2.24, 2.45) is 5.73 Å². The van der Waals surface area contributed by atoms with E-state index in [9.17, 15) is 4.79 Å². The molecule has 1 rings (SSSR count). The highest BCUT2D eigenvalue weighted by Gasteiger charge is 2.13. The number of carbonyl (C=O) groups is 1. The standard InChI is InChI=1S/C9H16N4OS/c1-3-4-5-7-11-9(13-12-7)15-6(2)8(10)14/h6H,3-5H2,1-2H3,(H2,10,14)(H,11,12,13). The molecule has 0 bridgehead atoms. The van der Waals surface area contributed by atoms with Crippen LogP contribution in [0.5, 0.6) is 0 Å². The quantitative estimate of drug-likeness (QED) is 0.714. The summed E-state index contributed by atoms with van der Waals surface area (Å²) in [5.74, 6) is 0.524. The summed E-state index contributed by atoms with van der Waals surface area (Å²) < 4.78 is 0. The highest BCUT2D eigenvalue weighted by molar-refractivity contribution is 8.00. The first kappa shape index (κ1) is 12.0. The van der Waals surface area contributed by atoms with Gasteiger partial charge in [0.05, 0.1) is 5.25 Å². The van der Waals surface area contributed by atoms with Crippen LogP contribution in [0.3, 0.4) is 0 Å². The summed E-state index contributed by atoms with van der Waals surface area (Å²) in [6, 6.07) is 0. The maximum atomic E-state index is 10.8. The van der Waals surface area contributed by atoms with Gasteiger partial charge >= 0.3 is 0 Å². The van der Waals surface area contributed by atoms with Crippen LogP contribution in [0.25, 0.3) is 0 Å². The molecule has 0 fully saturated rings. The number of nitrogens with one attached hydrogen (secondary N) is 1. The van der Waals surface area contributed by atoms with Gasteiger partial charge in [-0.25, -0.2) is 4.98 Å². The molecule has 1 aromatic rings. The van der Waals surface area contributed by atoms with Crippen molar-refractivity contribution in [2.75, 3.05) is 0 Å². The average molecular weight is 228 g/mol. The lowest BCUT2D eigenvalue weighted by atomic mass is 10.2. The molecule has 1 aromatic heterocycles. The van der Waals surface area contributed by atoms with Crippen molar-refractivity contribution in [3.63, 3.8) is 0 Å². The van der Waals surface area contributed by atoms with Crippen LogP contribution < -0.4 is 5.73 Å². The van der Waals surface area contributed by atoms with Gasteiger partial charge < -0.3 is 5.73 Å². The minimum atomic E-state index is -0.347. The molecule has 0 aliphatic carbocycles. The van der Waals surface area contributed by atoms with E-state index in [4.69, 9.17) is 5.73 Å². The number of primary amides is 1. The smallest absolute Gasteiger partial charge is 0.230 e. The van der Waals surface area contributed by atoms with Crippen LogP contribution in [-0.4, -0.2) is 26.3 Å². The number of aromatic nitrogens is 3. The lowest BCUT2D eigenvalue weighted by Gasteiger charge is -2.01. The number of nitrogens with zero attached hydrogens (tertiary/aromatic N) is 2. The first-order valence-corrected chi connectivity index (χ1v) is 5.88. The molecule has 15 heavy (non-hydrogen) atoms. The van der Waals surface area contributed by atoms with Crippen LogP contribution in [-0.2, 0) is 11.2 Å². The maximum Gasteiger partial charge on any atom is 0.230 e. The first-order valence-electron chi connectivity index (χ1n) is 5.00. The molecule has 3 N–H and O–H groups in total. The number of nitrogens with two attached hydrogens (primary N) is 1. The van der Waals surface area contributed by atoms with Gasteiger partial charge in [0.15, 0.2) is 0 Å². The van der Waals surface area contributed by atoms with Gasteiger partial charge in [0.2, 0.25) is 11.1 Å². The Balaban J connectivity index is 2.49. The molecule has 0 radical (unpaired) electrons. The Morgan fingerprint density at radius 1 is 1.67 bits per heavy atom. The summed E-state index contributed by atoms with van der Waals surface area (Å²) in [5, 5.41) is 7.16. The SMILES string of the molecule is CCCCc1nc(SC(C)C(N)=O)n[nH]1. The minimum Gasteiger partial charge on any atom is -0.369 e. The van der Waals surface area contributed by atoms with Gasteiger partial charge in [-0.2, -0.15) is 0 Å². The van der Waals surface area contributed by atoms with Gasteiger partial charge in [-0.3, -0.25) is 9.89 Å². The largest absolute Gasteiger partial charge is 0.369 e. The highest BCUT2D eigenvalue weighted by Crippen LogP contribution is 2.18. The molecule has 0 aliphatic rings. The predicted octanol–water partition coefficient (Wildman–Crippen LogP) is 1.11. The molecular formula is C9H16N4OS. The Morgan fingerprint density at radius 2 is 2.40 bits per heavy atom. The Kier molecular flexibility index (Phi) is 4.61. The zero-order chi connectivity index (χ0) is 11.3. The Bertz CT molecular complexity index is 326. The summed E-state index contributed by atoms with van der Waals surface area (Å²) in [6.07, 6.45) is 3.11. The second kappa shape index (κ2) is 5.75. The van der Waals surface area contributed by atoms with Crippen molar-refractivity contribution in [3.8, 4) is 0 Å². The third-order valence-electron chi connectivity index (χ3n) is 1.96. The van der Waals surface area contributed by atoms with Gasteiger partial charge in [-0.15, -0.1) is 5.10 Å². The van der Waals surface area contributed by atoms with Crippen molar-refractivity contribution < 1.29 is 4.79 Å². The molecular weight excluding hydrogens is 212 g/mol. The normalized spacial score (nSPS) is 12.7. The number of thioether (sulfide) groups is 1. The van der Waals surface area contributed by atoms with E-state index in [1.807, 2.05) is 0 Å². The van der Waals surface area contributed by atoms with Gasteiger partial charge in [0.25, 0.3) is 0 Å². The maximum absolute atomic E-state index is 10.8. The molecule has 84 valence electrons. The molecule has 0 aliphatic heterocycles.